The highest BCUT2D eigenvalue weighted by Gasteiger charge is 2.23. The lowest BCUT2D eigenvalue weighted by molar-refractivity contribution is 0.0735. The number of nitrogens with one attached hydrogen (secondary N) is 1. The predicted molar refractivity (Wildman–Crippen MR) is 88.5 cm³/mol. The van der Waals surface area contributed by atoms with Crippen molar-refractivity contribution in [3.8, 4) is 0 Å². The highest BCUT2D eigenvalue weighted by molar-refractivity contribution is 5.81. The van der Waals surface area contributed by atoms with Crippen LogP contribution < -0.4 is 5.32 Å². The second kappa shape index (κ2) is 6.41. The van der Waals surface area contributed by atoms with E-state index in [2.05, 4.69) is 29.3 Å². The first kappa shape index (κ1) is 15.7. The number of pyridine rings is 1. The van der Waals surface area contributed by atoms with Gasteiger partial charge in [-0.2, -0.15) is 0 Å². The van der Waals surface area contributed by atoms with Crippen molar-refractivity contribution < 1.29 is 5.11 Å². The number of anilines is 1. The molecule has 0 amide bonds. The molecule has 21 heavy (non-hydrogen) atoms. The lowest BCUT2D eigenvalue weighted by Gasteiger charge is -2.34. The summed E-state index contributed by atoms with van der Waals surface area (Å²) in [6.07, 6.45) is 0. The van der Waals surface area contributed by atoms with Gasteiger partial charge in [0.05, 0.1) is 12.1 Å². The van der Waals surface area contributed by atoms with E-state index in [-0.39, 0.29) is 12.1 Å². The van der Waals surface area contributed by atoms with E-state index in [9.17, 15) is 5.11 Å². The first-order valence-corrected chi connectivity index (χ1v) is 7.42. The van der Waals surface area contributed by atoms with Crippen LogP contribution in [-0.4, -0.2) is 40.7 Å². The Hall–Kier alpha value is -1.65. The normalized spacial score (nSPS) is 12.1. The molecule has 0 saturated heterocycles. The average molecular weight is 287 g/mol. The van der Waals surface area contributed by atoms with Crippen LogP contribution in [0.3, 0.4) is 0 Å². The second-order valence-electron chi connectivity index (χ2n) is 6.05. The highest BCUT2D eigenvalue weighted by Crippen LogP contribution is 2.24. The summed E-state index contributed by atoms with van der Waals surface area (Å²) in [6.45, 7) is 7.85. The second-order valence-corrected chi connectivity index (χ2v) is 6.05. The van der Waals surface area contributed by atoms with Gasteiger partial charge in [-0.25, -0.2) is 4.98 Å². The average Bonchev–Trinajstić information content (AvgIpc) is 2.48. The van der Waals surface area contributed by atoms with Gasteiger partial charge in [0.2, 0.25) is 0 Å². The van der Waals surface area contributed by atoms with E-state index in [0.29, 0.717) is 0 Å². The minimum atomic E-state index is -0.255. The van der Waals surface area contributed by atoms with Crippen molar-refractivity contribution in [2.75, 3.05) is 25.5 Å². The van der Waals surface area contributed by atoms with Gasteiger partial charge in [0.25, 0.3) is 0 Å². The summed E-state index contributed by atoms with van der Waals surface area (Å²) in [5.41, 5.74) is 1.90. The van der Waals surface area contributed by atoms with Crippen molar-refractivity contribution >= 4 is 16.7 Å². The van der Waals surface area contributed by atoms with Gasteiger partial charge < -0.3 is 10.4 Å². The van der Waals surface area contributed by atoms with Crippen molar-refractivity contribution in [2.24, 2.45) is 0 Å². The number of likely N-dealkylation sites (N-methyl/N-ethyl adjacent to an activating group) is 1. The summed E-state index contributed by atoms with van der Waals surface area (Å²) < 4.78 is 0. The van der Waals surface area contributed by atoms with Gasteiger partial charge in [0.1, 0.15) is 5.82 Å². The molecule has 0 aliphatic rings. The van der Waals surface area contributed by atoms with Gasteiger partial charge in [0.15, 0.2) is 0 Å². The fraction of sp³-hybridized carbons (Fsp3) is 0.471. The van der Waals surface area contributed by atoms with Crippen LogP contribution in [0.4, 0.5) is 5.82 Å². The van der Waals surface area contributed by atoms with Crippen molar-refractivity contribution in [1.82, 2.24) is 9.88 Å². The van der Waals surface area contributed by atoms with Crippen LogP contribution in [-0.2, 0) is 6.54 Å². The topological polar surface area (TPSA) is 48.4 Å². The Morgan fingerprint density at radius 2 is 2.00 bits per heavy atom. The molecular weight excluding hydrogens is 262 g/mol. The summed E-state index contributed by atoms with van der Waals surface area (Å²) in [7, 11) is 2.03. The maximum absolute atomic E-state index is 9.51. The van der Waals surface area contributed by atoms with Crippen LogP contribution in [0.25, 0.3) is 10.9 Å². The number of rotatable bonds is 6. The molecule has 2 N–H and O–H groups in total. The summed E-state index contributed by atoms with van der Waals surface area (Å²) >= 11 is 0. The van der Waals surface area contributed by atoms with Gasteiger partial charge in [0, 0.05) is 29.6 Å². The van der Waals surface area contributed by atoms with Gasteiger partial charge in [-0.15, -0.1) is 0 Å². The summed E-state index contributed by atoms with van der Waals surface area (Å²) in [6, 6.07) is 10.3. The maximum atomic E-state index is 9.51. The Kier molecular flexibility index (Phi) is 4.80. The zero-order valence-corrected chi connectivity index (χ0v) is 13.3. The summed E-state index contributed by atoms with van der Waals surface area (Å²) in [5.74, 6) is 0.928. The number of para-hydroxylation sites is 1. The van der Waals surface area contributed by atoms with Crippen molar-refractivity contribution in [3.05, 3.63) is 35.9 Å². The Morgan fingerprint density at radius 3 is 2.67 bits per heavy atom. The highest BCUT2D eigenvalue weighted by atomic mass is 16.3. The lowest BCUT2D eigenvalue weighted by atomic mass is 10.0. The molecule has 1 aromatic carbocycles. The third-order valence-electron chi connectivity index (χ3n) is 3.97. The Morgan fingerprint density at radius 1 is 1.29 bits per heavy atom. The molecule has 0 aliphatic carbocycles. The Bertz CT molecular complexity index is 610. The molecule has 0 bridgehead atoms. The first-order chi connectivity index (χ1) is 9.97. The molecule has 1 aromatic heterocycles. The molecule has 0 atom stereocenters. The fourth-order valence-electron chi connectivity index (χ4n) is 2.19. The van der Waals surface area contributed by atoms with E-state index in [1.54, 1.807) is 0 Å². The van der Waals surface area contributed by atoms with Crippen LogP contribution in [0.5, 0.6) is 0 Å². The molecule has 0 unspecified atom stereocenters. The maximum Gasteiger partial charge on any atom is 0.131 e. The molecule has 0 aliphatic heterocycles. The number of nitrogens with zero attached hydrogens (tertiary/aromatic N) is 2. The van der Waals surface area contributed by atoms with E-state index < -0.39 is 0 Å². The fourth-order valence-corrected chi connectivity index (χ4v) is 2.19. The number of fused-ring (bicyclic) bond motifs is 1. The monoisotopic (exact) mass is 287 g/mol. The number of aliphatic hydroxyl groups is 1. The van der Waals surface area contributed by atoms with E-state index in [4.69, 9.17) is 4.98 Å². The van der Waals surface area contributed by atoms with Crippen LogP contribution in [0, 0.1) is 0 Å². The van der Waals surface area contributed by atoms with E-state index in [1.165, 1.54) is 0 Å². The summed E-state index contributed by atoms with van der Waals surface area (Å²) in [5, 5.41) is 14.0. The number of benzene rings is 1. The third kappa shape index (κ3) is 3.52. The number of hydrogen-bond donors (Lipinski definition) is 2. The molecule has 1 heterocycles. The molecule has 0 fully saturated rings. The molecule has 2 rings (SSSR count). The minimum absolute atomic E-state index is 0.126. The van der Waals surface area contributed by atoms with Crippen molar-refractivity contribution in [1.29, 1.82) is 0 Å². The van der Waals surface area contributed by atoms with Gasteiger partial charge in [-0.3, -0.25) is 4.90 Å². The van der Waals surface area contributed by atoms with Crippen LogP contribution >= 0.6 is 0 Å². The standard InChI is InChI=1S/C17H25N3O/c1-5-18-16-14(11-20(4)17(2,3)12-21)10-13-8-6-7-9-15(13)19-16/h6-10,21H,5,11-12H2,1-4H3,(H,18,19). The number of aliphatic hydroxyl groups excluding tert-OH is 1. The predicted octanol–water partition coefficient (Wildman–Crippen LogP) is 2.87. The largest absolute Gasteiger partial charge is 0.394 e. The number of hydrogen-bond acceptors (Lipinski definition) is 4. The Labute approximate surface area is 126 Å². The lowest BCUT2D eigenvalue weighted by Crippen LogP contribution is -2.43. The molecular formula is C17H25N3O. The summed E-state index contributed by atoms with van der Waals surface area (Å²) in [4.78, 5) is 6.88. The zero-order valence-electron chi connectivity index (χ0n) is 13.3. The van der Waals surface area contributed by atoms with Crippen LogP contribution in [0.1, 0.15) is 26.3 Å². The van der Waals surface area contributed by atoms with Crippen molar-refractivity contribution in [3.63, 3.8) is 0 Å². The molecule has 0 saturated carbocycles. The van der Waals surface area contributed by atoms with E-state index in [1.807, 2.05) is 39.1 Å². The Balaban J connectivity index is 2.38. The van der Waals surface area contributed by atoms with Gasteiger partial charge >= 0.3 is 0 Å². The van der Waals surface area contributed by atoms with Crippen LogP contribution in [0.15, 0.2) is 30.3 Å². The van der Waals surface area contributed by atoms with Gasteiger partial charge in [-0.1, -0.05) is 18.2 Å². The molecule has 0 radical (unpaired) electrons. The van der Waals surface area contributed by atoms with E-state index >= 15 is 0 Å². The van der Waals surface area contributed by atoms with Crippen molar-refractivity contribution in [2.45, 2.75) is 32.9 Å². The molecule has 0 spiro atoms. The minimum Gasteiger partial charge on any atom is -0.394 e. The number of aromatic nitrogens is 1. The zero-order chi connectivity index (χ0) is 15.5. The third-order valence-corrected chi connectivity index (χ3v) is 3.97. The molecule has 4 heteroatoms. The SMILES string of the molecule is CCNc1nc2ccccc2cc1CN(C)C(C)(C)CO. The molecule has 2 aromatic rings. The van der Waals surface area contributed by atoms with Crippen LogP contribution in [0.2, 0.25) is 0 Å². The first-order valence-electron chi connectivity index (χ1n) is 7.42. The smallest absolute Gasteiger partial charge is 0.131 e. The molecule has 4 nitrogen and oxygen atoms in total. The van der Waals surface area contributed by atoms with Gasteiger partial charge in [-0.05, 0) is 40.0 Å². The van der Waals surface area contributed by atoms with E-state index in [0.717, 1.165) is 35.4 Å². The molecule has 114 valence electrons. The quantitative estimate of drug-likeness (QED) is 0.857.